The first kappa shape index (κ1) is 15.6. The molecule has 5 heteroatoms. The lowest BCUT2D eigenvalue weighted by Crippen LogP contribution is -2.41. The molecule has 1 saturated heterocycles. The van der Waals surface area contributed by atoms with E-state index >= 15 is 0 Å². The molecule has 1 heterocycles. The number of methoxy groups -OCH3 is 1. The first-order valence-electron chi connectivity index (χ1n) is 7.77. The van der Waals surface area contributed by atoms with Gasteiger partial charge in [0.25, 0.3) is 0 Å². The van der Waals surface area contributed by atoms with Crippen LogP contribution in [0.2, 0.25) is 0 Å². The van der Waals surface area contributed by atoms with Gasteiger partial charge in [-0.25, -0.2) is 4.79 Å². The van der Waals surface area contributed by atoms with E-state index in [2.05, 4.69) is 27.7 Å². The Balaban J connectivity index is 1.98. The van der Waals surface area contributed by atoms with Crippen molar-refractivity contribution < 1.29 is 18.8 Å². The summed E-state index contributed by atoms with van der Waals surface area (Å²) in [6, 6.07) is 7.61. The molecule has 0 bridgehead atoms. The lowest BCUT2D eigenvalue weighted by molar-refractivity contribution is 0.00578. The number of rotatable bonds is 3. The van der Waals surface area contributed by atoms with Gasteiger partial charge >= 0.3 is 13.1 Å². The summed E-state index contributed by atoms with van der Waals surface area (Å²) < 4.78 is 17.4. The normalized spacial score (nSPS) is 24.1. The SMILES string of the molecule is COC(=O)c1ccccc1C1(B2OC(C)(C)C(C)(C)O2)CC1. The Labute approximate surface area is 132 Å². The van der Waals surface area contributed by atoms with Crippen LogP contribution in [0.1, 0.15) is 56.5 Å². The summed E-state index contributed by atoms with van der Waals surface area (Å²) in [5.41, 5.74) is 0.846. The molecule has 1 saturated carbocycles. The number of esters is 1. The number of benzene rings is 1. The van der Waals surface area contributed by atoms with Gasteiger partial charge in [-0.3, -0.25) is 0 Å². The maximum absolute atomic E-state index is 12.1. The summed E-state index contributed by atoms with van der Waals surface area (Å²) in [5.74, 6) is -0.307. The van der Waals surface area contributed by atoms with Crippen molar-refractivity contribution in [3.05, 3.63) is 35.4 Å². The van der Waals surface area contributed by atoms with Gasteiger partial charge in [0.1, 0.15) is 0 Å². The molecule has 1 aliphatic carbocycles. The van der Waals surface area contributed by atoms with E-state index in [4.69, 9.17) is 14.0 Å². The van der Waals surface area contributed by atoms with E-state index in [0.717, 1.165) is 18.4 Å². The van der Waals surface area contributed by atoms with Crippen LogP contribution < -0.4 is 0 Å². The minimum absolute atomic E-state index is 0.240. The van der Waals surface area contributed by atoms with Crippen molar-refractivity contribution >= 4 is 13.1 Å². The molecule has 0 aromatic heterocycles. The van der Waals surface area contributed by atoms with E-state index in [1.54, 1.807) is 0 Å². The molecule has 0 atom stereocenters. The van der Waals surface area contributed by atoms with Gasteiger partial charge in [0.05, 0.1) is 23.9 Å². The molecule has 3 rings (SSSR count). The minimum atomic E-state index is -0.368. The third-order valence-corrected chi connectivity index (χ3v) is 5.36. The third-order valence-electron chi connectivity index (χ3n) is 5.36. The average molecular weight is 302 g/mol. The molecule has 22 heavy (non-hydrogen) atoms. The van der Waals surface area contributed by atoms with Crippen molar-refractivity contribution in [3.63, 3.8) is 0 Å². The van der Waals surface area contributed by atoms with Crippen molar-refractivity contribution in [2.24, 2.45) is 0 Å². The summed E-state index contributed by atoms with van der Waals surface area (Å²) >= 11 is 0. The van der Waals surface area contributed by atoms with Gasteiger partial charge in [-0.2, -0.15) is 0 Å². The van der Waals surface area contributed by atoms with Gasteiger partial charge in [0, 0.05) is 5.31 Å². The van der Waals surface area contributed by atoms with Crippen molar-refractivity contribution in [3.8, 4) is 0 Å². The van der Waals surface area contributed by atoms with Gasteiger partial charge in [0.2, 0.25) is 0 Å². The Bertz CT molecular complexity index is 588. The molecule has 0 N–H and O–H groups in total. The van der Waals surface area contributed by atoms with Crippen molar-refractivity contribution in [2.75, 3.05) is 7.11 Å². The minimum Gasteiger partial charge on any atom is -0.465 e. The molecule has 2 fully saturated rings. The monoisotopic (exact) mass is 302 g/mol. The van der Waals surface area contributed by atoms with Gasteiger partial charge < -0.3 is 14.0 Å². The van der Waals surface area contributed by atoms with E-state index in [1.807, 2.05) is 24.3 Å². The zero-order chi connectivity index (χ0) is 16.2. The molecule has 2 aliphatic rings. The van der Waals surface area contributed by atoms with E-state index in [1.165, 1.54) is 7.11 Å². The third kappa shape index (κ3) is 2.18. The van der Waals surface area contributed by atoms with Crippen LogP contribution in [0.3, 0.4) is 0 Å². The molecular formula is C17H23BO4. The highest BCUT2D eigenvalue weighted by Gasteiger charge is 2.65. The molecule has 1 aromatic rings. The highest BCUT2D eigenvalue weighted by molar-refractivity contribution is 6.51. The molecule has 0 radical (unpaired) electrons. The van der Waals surface area contributed by atoms with Crippen LogP contribution in [0.25, 0.3) is 0 Å². The number of hydrogen-bond donors (Lipinski definition) is 0. The molecule has 0 unspecified atom stereocenters. The smallest absolute Gasteiger partial charge is 0.465 e. The quantitative estimate of drug-likeness (QED) is 0.635. The van der Waals surface area contributed by atoms with E-state index in [0.29, 0.717) is 5.56 Å². The van der Waals surface area contributed by atoms with Crippen molar-refractivity contribution in [1.29, 1.82) is 0 Å². The Kier molecular flexibility index (Phi) is 3.42. The molecule has 4 nitrogen and oxygen atoms in total. The Morgan fingerprint density at radius 2 is 1.64 bits per heavy atom. The summed E-state index contributed by atoms with van der Waals surface area (Å²) in [7, 11) is 1.08. The number of carbonyl (C=O) groups excluding carboxylic acids is 1. The maximum atomic E-state index is 12.1. The fraction of sp³-hybridized carbons (Fsp3) is 0.588. The maximum Gasteiger partial charge on any atom is 0.469 e. The second-order valence-electron chi connectivity index (χ2n) is 7.28. The topological polar surface area (TPSA) is 44.8 Å². The number of ether oxygens (including phenoxy) is 1. The predicted molar refractivity (Wildman–Crippen MR) is 84.8 cm³/mol. The van der Waals surface area contributed by atoms with Crippen LogP contribution in [0.15, 0.2) is 24.3 Å². The van der Waals surface area contributed by atoms with Crippen LogP contribution in [-0.4, -0.2) is 31.4 Å². The molecular weight excluding hydrogens is 279 g/mol. The van der Waals surface area contributed by atoms with E-state index in [9.17, 15) is 4.79 Å². The molecule has 1 aromatic carbocycles. The van der Waals surface area contributed by atoms with Gasteiger partial charge in [-0.15, -0.1) is 0 Å². The average Bonchev–Trinajstić information content (AvgIpc) is 3.22. The molecule has 0 amide bonds. The highest BCUT2D eigenvalue weighted by atomic mass is 16.7. The molecule has 0 spiro atoms. The van der Waals surface area contributed by atoms with Crippen molar-refractivity contribution in [2.45, 2.75) is 57.1 Å². The second kappa shape index (κ2) is 4.83. The van der Waals surface area contributed by atoms with Crippen LogP contribution >= 0.6 is 0 Å². The van der Waals surface area contributed by atoms with E-state index < -0.39 is 0 Å². The number of hydrogen-bond acceptors (Lipinski definition) is 4. The first-order valence-corrected chi connectivity index (χ1v) is 7.77. The molecule has 1 aliphatic heterocycles. The zero-order valence-corrected chi connectivity index (χ0v) is 13.9. The van der Waals surface area contributed by atoms with Crippen LogP contribution in [-0.2, 0) is 19.4 Å². The van der Waals surface area contributed by atoms with Gasteiger partial charge in [-0.05, 0) is 52.2 Å². The first-order chi connectivity index (χ1) is 10.2. The summed E-state index contributed by atoms with van der Waals surface area (Å²) in [6.45, 7) is 8.20. The predicted octanol–water partition coefficient (Wildman–Crippen LogP) is 3.14. The van der Waals surface area contributed by atoms with Crippen LogP contribution in [0, 0.1) is 0 Å². The fourth-order valence-electron chi connectivity index (χ4n) is 3.04. The zero-order valence-electron chi connectivity index (χ0n) is 13.9. The Hall–Kier alpha value is -1.33. The van der Waals surface area contributed by atoms with Crippen LogP contribution in [0.5, 0.6) is 0 Å². The van der Waals surface area contributed by atoms with E-state index in [-0.39, 0.29) is 29.6 Å². The van der Waals surface area contributed by atoms with Gasteiger partial charge in [0.15, 0.2) is 0 Å². The van der Waals surface area contributed by atoms with Gasteiger partial charge in [-0.1, -0.05) is 18.2 Å². The summed E-state index contributed by atoms with van der Waals surface area (Å²) in [6.07, 6.45) is 1.91. The largest absolute Gasteiger partial charge is 0.469 e. The number of carbonyl (C=O) groups is 1. The summed E-state index contributed by atoms with van der Waals surface area (Å²) in [5, 5.41) is -0.240. The summed E-state index contributed by atoms with van der Waals surface area (Å²) in [4.78, 5) is 12.1. The Morgan fingerprint density at radius 1 is 1.09 bits per heavy atom. The standard InChI is InChI=1S/C17H23BO4/c1-15(2)16(3,4)22-18(21-15)17(10-11-17)13-9-7-6-8-12(13)14(19)20-5/h6-9H,10-11H2,1-5H3. The highest BCUT2D eigenvalue weighted by Crippen LogP contribution is 2.56. The fourth-order valence-corrected chi connectivity index (χ4v) is 3.04. The lowest BCUT2D eigenvalue weighted by atomic mass is 9.63. The van der Waals surface area contributed by atoms with Crippen LogP contribution in [0.4, 0.5) is 0 Å². The Morgan fingerprint density at radius 3 is 2.14 bits per heavy atom. The van der Waals surface area contributed by atoms with Crippen molar-refractivity contribution in [1.82, 2.24) is 0 Å². The second-order valence-corrected chi connectivity index (χ2v) is 7.28. The lowest BCUT2D eigenvalue weighted by Gasteiger charge is -2.32. The molecule has 118 valence electrons.